The average Bonchev–Trinajstić information content (AvgIpc) is 3.77. The van der Waals surface area contributed by atoms with E-state index in [-0.39, 0.29) is 110 Å². The van der Waals surface area contributed by atoms with Crippen molar-refractivity contribution in [2.24, 2.45) is 17.8 Å². The van der Waals surface area contributed by atoms with Gasteiger partial charge in [-0.2, -0.15) is 0 Å². The summed E-state index contributed by atoms with van der Waals surface area (Å²) in [5.41, 5.74) is 2.22. The van der Waals surface area contributed by atoms with Gasteiger partial charge in [0, 0.05) is 38.5 Å². The Kier molecular flexibility index (Phi) is 9.59. The molecule has 0 aromatic carbocycles. The van der Waals surface area contributed by atoms with Crippen LogP contribution < -0.4 is 0 Å². The Morgan fingerprint density at radius 3 is 2.33 bits per heavy atom. The molecule has 0 radical (unpaired) electrons. The van der Waals surface area contributed by atoms with Gasteiger partial charge in [0.25, 0.3) is 0 Å². The second kappa shape index (κ2) is 13.8. The molecule has 10 aliphatic heterocycles. The van der Waals surface area contributed by atoms with Gasteiger partial charge in [0.15, 0.2) is 5.79 Å². The highest BCUT2D eigenvalue weighted by atomic mass is 16.8. The van der Waals surface area contributed by atoms with E-state index in [0.29, 0.717) is 44.4 Å². The maximum absolute atomic E-state index is 14.0. The summed E-state index contributed by atoms with van der Waals surface area (Å²) in [6, 6.07) is 0. The Balaban J connectivity index is 0.986. The van der Waals surface area contributed by atoms with Crippen molar-refractivity contribution in [2.75, 3.05) is 6.61 Å². The molecule has 0 aromatic heterocycles. The van der Waals surface area contributed by atoms with Gasteiger partial charge in [-0.3, -0.25) is 4.79 Å². The van der Waals surface area contributed by atoms with Crippen LogP contribution in [0.2, 0.25) is 0 Å². The fourth-order valence-electron chi connectivity index (χ4n) is 11.3. The molecule has 0 aromatic rings. The van der Waals surface area contributed by atoms with Crippen LogP contribution in [0.3, 0.4) is 0 Å². The summed E-state index contributed by atoms with van der Waals surface area (Å²) in [5, 5.41) is 20.0. The van der Waals surface area contributed by atoms with E-state index in [1.54, 1.807) is 0 Å². The number of ether oxygens (including phenoxy) is 8. The number of hydrogen-bond donors (Lipinski definition) is 2. The lowest BCUT2D eigenvalue weighted by atomic mass is 9.79. The summed E-state index contributed by atoms with van der Waals surface area (Å²) in [6.07, 6.45) is 5.65. The van der Waals surface area contributed by atoms with E-state index >= 15 is 0 Å². The number of Topliss-reactive ketones (excluding diaryl/α,β-unsaturated/α-hetero) is 1. The summed E-state index contributed by atoms with van der Waals surface area (Å²) in [5.74, 6) is -0.367. The molecule has 10 aliphatic rings. The highest BCUT2D eigenvalue weighted by Gasteiger charge is 2.68. The summed E-state index contributed by atoms with van der Waals surface area (Å²) in [7, 11) is 0. The quantitative estimate of drug-likeness (QED) is 0.410. The second-order valence-electron chi connectivity index (χ2n) is 17.5. The van der Waals surface area contributed by atoms with Crippen LogP contribution in [0.15, 0.2) is 24.3 Å². The van der Waals surface area contributed by atoms with Crippen LogP contribution in [0, 0.1) is 17.8 Å². The van der Waals surface area contributed by atoms with Gasteiger partial charge in [-0.15, -0.1) is 0 Å². The predicted molar refractivity (Wildman–Crippen MR) is 183 cm³/mol. The molecule has 11 heteroatoms. The van der Waals surface area contributed by atoms with Crippen molar-refractivity contribution in [3.05, 3.63) is 24.3 Å². The van der Waals surface area contributed by atoms with Crippen LogP contribution in [-0.2, 0) is 42.7 Å². The van der Waals surface area contributed by atoms with Crippen LogP contribution in [0.5, 0.6) is 0 Å². The van der Waals surface area contributed by atoms with Gasteiger partial charge >= 0.3 is 0 Å². The number of rotatable bonds is 3. The first-order valence-electron chi connectivity index (χ1n) is 20.0. The Hall–Kier alpha value is -1.25. The van der Waals surface area contributed by atoms with Crippen LogP contribution in [0.25, 0.3) is 0 Å². The van der Waals surface area contributed by atoms with Crippen molar-refractivity contribution >= 4 is 5.78 Å². The first-order valence-corrected chi connectivity index (χ1v) is 20.0. The Morgan fingerprint density at radius 2 is 1.49 bits per heavy atom. The number of aliphatic hydroxyl groups is 2. The number of ketones is 1. The van der Waals surface area contributed by atoms with Crippen LogP contribution in [0.4, 0.5) is 0 Å². The maximum atomic E-state index is 14.0. The third-order valence-corrected chi connectivity index (χ3v) is 14.1. The minimum Gasteiger partial charge on any atom is -0.394 e. The van der Waals surface area contributed by atoms with E-state index in [0.717, 1.165) is 56.1 Å². The standard InChI is InChI=1S/C40H58O11/c1-19-11-25-5-7-29-20(2)12-27(44-29)9-10-40-17-34-36(50-40)37-38(49-34)39(51-40)35-30(48-37)8-6-26(46-35)13-23(42)14-28-22(4)31(15-24(43)18-41)47-33(28)16-32(45-25)21(19)3/h19,22,24-39,41,43H,2-3,5-18H2,1,4H3/t19-,22-,24+,25+,26?,27+,28-,29?,30+,31-,32?,33+,34-,35+,36+,37+,38-,39+,40+/m1/s1. The van der Waals surface area contributed by atoms with E-state index in [2.05, 4.69) is 27.0 Å². The zero-order chi connectivity index (χ0) is 35.2. The Morgan fingerprint density at radius 1 is 0.745 bits per heavy atom. The molecule has 0 saturated carbocycles. The monoisotopic (exact) mass is 714 g/mol. The summed E-state index contributed by atoms with van der Waals surface area (Å²) in [6.45, 7) is 12.9. The van der Waals surface area contributed by atoms with Crippen LogP contribution in [-0.4, -0.2) is 120 Å². The lowest BCUT2D eigenvalue weighted by Gasteiger charge is -2.47. The number of carbonyl (C=O) groups is 1. The molecule has 0 amide bonds. The van der Waals surface area contributed by atoms with Crippen molar-refractivity contribution in [1.82, 2.24) is 0 Å². The maximum Gasteiger partial charge on any atom is 0.172 e. The number of hydrogen-bond acceptors (Lipinski definition) is 11. The lowest BCUT2D eigenvalue weighted by molar-refractivity contribution is -0.292. The van der Waals surface area contributed by atoms with Gasteiger partial charge in [0.1, 0.15) is 36.3 Å². The minimum absolute atomic E-state index is 0.00894. The van der Waals surface area contributed by atoms with Gasteiger partial charge in [0.05, 0.1) is 67.6 Å². The van der Waals surface area contributed by atoms with E-state index in [4.69, 9.17) is 37.9 Å². The number of aliphatic hydroxyl groups excluding tert-OH is 2. The third kappa shape index (κ3) is 6.53. The van der Waals surface area contributed by atoms with Crippen molar-refractivity contribution in [3.63, 3.8) is 0 Å². The number of carbonyl (C=O) groups excluding carboxylic acids is 1. The van der Waals surface area contributed by atoms with Gasteiger partial charge in [0.2, 0.25) is 0 Å². The molecule has 2 N–H and O–H groups in total. The lowest BCUT2D eigenvalue weighted by Crippen LogP contribution is -2.61. The van der Waals surface area contributed by atoms with Crippen molar-refractivity contribution in [3.8, 4) is 0 Å². The van der Waals surface area contributed by atoms with Gasteiger partial charge < -0.3 is 48.1 Å². The van der Waals surface area contributed by atoms with Crippen LogP contribution in [0.1, 0.15) is 97.3 Å². The molecule has 11 nitrogen and oxygen atoms in total. The molecule has 1 spiro atoms. The first kappa shape index (κ1) is 35.5. The summed E-state index contributed by atoms with van der Waals surface area (Å²) in [4.78, 5) is 14.0. The molecule has 0 aliphatic carbocycles. The molecular formula is C40H58O11. The molecule has 51 heavy (non-hydrogen) atoms. The molecule has 284 valence electrons. The van der Waals surface area contributed by atoms with E-state index in [1.807, 2.05) is 0 Å². The van der Waals surface area contributed by atoms with E-state index in [1.165, 1.54) is 0 Å². The van der Waals surface area contributed by atoms with E-state index in [9.17, 15) is 15.0 Å². The summed E-state index contributed by atoms with van der Waals surface area (Å²) >= 11 is 0. The van der Waals surface area contributed by atoms with Gasteiger partial charge in [-0.1, -0.05) is 27.0 Å². The van der Waals surface area contributed by atoms with Crippen molar-refractivity contribution < 1.29 is 52.9 Å². The van der Waals surface area contributed by atoms with Crippen LogP contribution >= 0.6 is 0 Å². The van der Waals surface area contributed by atoms with E-state index < -0.39 is 11.9 Å². The average molecular weight is 715 g/mol. The molecule has 19 atom stereocenters. The number of fused-ring (bicyclic) bond motifs is 6. The molecule has 10 saturated heterocycles. The SMILES string of the molecule is C=C1C[C@@H]2CC[C@@]34C[C@H]5O[C@H]6[C@@H](O3)[C@H]3OC(CC[C@@H]3O[C@H]6[C@H]5O4)CC(=O)C[C@@H]3[C@@H](C)[C@@H](C[C@H](O)CO)O[C@H]3CC3O[C@@H](CCC1O2)C[C@@H](C)C3=C. The fraction of sp³-hybridized carbons (Fsp3) is 0.875. The molecular weight excluding hydrogens is 656 g/mol. The van der Waals surface area contributed by atoms with Gasteiger partial charge in [-0.25, -0.2) is 0 Å². The highest BCUT2D eigenvalue weighted by molar-refractivity contribution is 5.79. The molecule has 12 bridgehead atoms. The van der Waals surface area contributed by atoms with Gasteiger partial charge in [-0.05, 0) is 73.8 Å². The molecule has 10 heterocycles. The third-order valence-electron chi connectivity index (χ3n) is 14.1. The summed E-state index contributed by atoms with van der Waals surface area (Å²) < 4.78 is 53.9. The second-order valence-corrected chi connectivity index (χ2v) is 17.5. The van der Waals surface area contributed by atoms with Crippen molar-refractivity contribution in [2.45, 2.75) is 195 Å². The minimum atomic E-state index is -0.872. The zero-order valence-electron chi connectivity index (χ0n) is 30.3. The largest absolute Gasteiger partial charge is 0.394 e. The molecule has 3 unspecified atom stereocenters. The fourth-order valence-corrected chi connectivity index (χ4v) is 11.3. The Bertz CT molecular complexity index is 1360. The normalized spacial score (nSPS) is 53.2. The predicted octanol–water partition coefficient (Wildman–Crippen LogP) is 4.09. The Labute approximate surface area is 301 Å². The highest BCUT2D eigenvalue weighted by Crippen LogP contribution is 2.54. The molecule has 10 rings (SSSR count). The van der Waals surface area contributed by atoms with Crippen molar-refractivity contribution in [1.29, 1.82) is 0 Å². The smallest absolute Gasteiger partial charge is 0.172 e. The topological polar surface area (TPSA) is 131 Å². The zero-order valence-corrected chi connectivity index (χ0v) is 30.3. The molecule has 10 fully saturated rings. The first-order chi connectivity index (χ1) is 24.6.